The van der Waals surface area contributed by atoms with E-state index >= 15 is 0 Å². The minimum atomic E-state index is -1.01. The largest absolute Gasteiger partial charge is 0.480 e. The molecule has 0 aromatic heterocycles. The van der Waals surface area contributed by atoms with E-state index in [9.17, 15) is 9.90 Å². The van der Waals surface area contributed by atoms with Crippen LogP contribution in [0.2, 0.25) is 0 Å². The Morgan fingerprint density at radius 3 is 2.72 bits per heavy atom. The average Bonchev–Trinajstić information content (AvgIpc) is 3.09. The van der Waals surface area contributed by atoms with E-state index in [-0.39, 0.29) is 5.92 Å². The minimum absolute atomic E-state index is 0.191. The molecule has 2 saturated heterocycles. The average molecular weight is 253 g/mol. The van der Waals surface area contributed by atoms with Gasteiger partial charge in [-0.05, 0) is 38.1 Å². The molecule has 3 rings (SSSR count). The molecule has 0 aromatic rings. The molecule has 5 nitrogen and oxygen atoms in total. The van der Waals surface area contributed by atoms with Gasteiger partial charge < -0.3 is 10.8 Å². The van der Waals surface area contributed by atoms with Crippen molar-refractivity contribution in [2.24, 2.45) is 11.7 Å². The fourth-order valence-electron chi connectivity index (χ4n) is 3.54. The number of carbonyl (C=O) groups is 1. The maximum absolute atomic E-state index is 11.4. The van der Waals surface area contributed by atoms with E-state index in [4.69, 9.17) is 5.73 Å². The molecule has 102 valence electrons. The summed E-state index contributed by atoms with van der Waals surface area (Å²) in [4.78, 5) is 16.3. The zero-order chi connectivity index (χ0) is 12.8. The molecule has 1 saturated carbocycles. The predicted octanol–water partition coefficient (Wildman–Crippen LogP) is -0.0415. The van der Waals surface area contributed by atoms with Gasteiger partial charge in [-0.1, -0.05) is 0 Å². The summed E-state index contributed by atoms with van der Waals surface area (Å²) in [6, 6.07) is 0.635. The van der Waals surface area contributed by atoms with Crippen LogP contribution in [0.4, 0.5) is 0 Å². The summed E-state index contributed by atoms with van der Waals surface area (Å²) in [7, 11) is 0. The molecule has 3 aliphatic rings. The number of nitrogens with two attached hydrogens (primary N) is 1. The van der Waals surface area contributed by atoms with Gasteiger partial charge in [0.15, 0.2) is 0 Å². The quantitative estimate of drug-likeness (QED) is 0.735. The summed E-state index contributed by atoms with van der Waals surface area (Å²) in [6.45, 7) is 4.78. The van der Waals surface area contributed by atoms with Crippen molar-refractivity contribution in [3.8, 4) is 0 Å². The summed E-state index contributed by atoms with van der Waals surface area (Å²) in [6.07, 6.45) is 4.50. The molecule has 2 unspecified atom stereocenters. The van der Waals surface area contributed by atoms with Crippen molar-refractivity contribution in [1.29, 1.82) is 0 Å². The second-order valence-electron chi connectivity index (χ2n) is 6.19. The molecule has 18 heavy (non-hydrogen) atoms. The van der Waals surface area contributed by atoms with Crippen molar-refractivity contribution >= 4 is 5.97 Å². The van der Waals surface area contributed by atoms with Crippen molar-refractivity contribution in [3.05, 3.63) is 0 Å². The lowest BCUT2D eigenvalue weighted by atomic mass is 9.93. The first-order chi connectivity index (χ1) is 8.59. The van der Waals surface area contributed by atoms with Crippen molar-refractivity contribution in [2.75, 3.05) is 32.7 Å². The van der Waals surface area contributed by atoms with Crippen LogP contribution < -0.4 is 5.73 Å². The number of carboxylic acids is 1. The maximum atomic E-state index is 11.4. The normalized spacial score (nSPS) is 33.1. The molecule has 0 bridgehead atoms. The smallest absolute Gasteiger partial charge is 0.325 e. The third-order valence-electron chi connectivity index (χ3n) is 4.86. The van der Waals surface area contributed by atoms with Crippen molar-refractivity contribution in [2.45, 2.75) is 37.3 Å². The standard InChI is InChI=1S/C13H23N3O2/c14-13(12(17)18,10-3-4-10)9-15-6-7-16-5-1-2-11(16)8-15/h10-11H,1-9,14H2,(H,17,18). The number of carboxylic acid groups (broad SMARTS) is 1. The van der Waals surface area contributed by atoms with Crippen molar-refractivity contribution < 1.29 is 9.90 Å². The number of aliphatic carboxylic acids is 1. The van der Waals surface area contributed by atoms with E-state index in [1.807, 2.05) is 0 Å². The second-order valence-corrected chi connectivity index (χ2v) is 6.19. The molecule has 0 aromatic carbocycles. The Morgan fingerprint density at radius 2 is 2.06 bits per heavy atom. The van der Waals surface area contributed by atoms with Gasteiger partial charge in [-0.15, -0.1) is 0 Å². The van der Waals surface area contributed by atoms with Crippen LogP contribution in [0.1, 0.15) is 25.7 Å². The fourth-order valence-corrected chi connectivity index (χ4v) is 3.54. The molecule has 5 heteroatoms. The van der Waals surface area contributed by atoms with Crippen LogP contribution >= 0.6 is 0 Å². The highest BCUT2D eigenvalue weighted by Gasteiger charge is 2.49. The third-order valence-corrected chi connectivity index (χ3v) is 4.86. The Labute approximate surface area is 108 Å². The van der Waals surface area contributed by atoms with E-state index in [1.54, 1.807) is 0 Å². The molecule has 0 amide bonds. The van der Waals surface area contributed by atoms with E-state index in [2.05, 4.69) is 9.80 Å². The molecule has 1 aliphatic carbocycles. The Morgan fingerprint density at radius 1 is 1.28 bits per heavy atom. The Kier molecular flexibility index (Phi) is 3.08. The predicted molar refractivity (Wildman–Crippen MR) is 68.3 cm³/mol. The molecule has 0 radical (unpaired) electrons. The lowest BCUT2D eigenvalue weighted by Gasteiger charge is -2.40. The highest BCUT2D eigenvalue weighted by atomic mass is 16.4. The lowest BCUT2D eigenvalue weighted by Crippen LogP contribution is -2.61. The summed E-state index contributed by atoms with van der Waals surface area (Å²) in [5.74, 6) is -0.629. The van der Waals surface area contributed by atoms with E-state index in [0.29, 0.717) is 12.6 Å². The maximum Gasteiger partial charge on any atom is 0.325 e. The van der Waals surface area contributed by atoms with Crippen LogP contribution in [0.3, 0.4) is 0 Å². The zero-order valence-corrected chi connectivity index (χ0v) is 10.8. The van der Waals surface area contributed by atoms with Gasteiger partial charge >= 0.3 is 5.97 Å². The first kappa shape index (κ1) is 12.4. The molecule has 3 fully saturated rings. The Bertz CT molecular complexity index is 345. The molecule has 2 atom stereocenters. The molecule has 2 heterocycles. The van der Waals surface area contributed by atoms with Crippen molar-refractivity contribution in [1.82, 2.24) is 9.80 Å². The molecule has 3 N–H and O–H groups in total. The van der Waals surface area contributed by atoms with E-state index in [0.717, 1.165) is 32.5 Å². The summed E-state index contributed by atoms with van der Waals surface area (Å²) in [5.41, 5.74) is 5.15. The van der Waals surface area contributed by atoms with Gasteiger partial charge in [-0.25, -0.2) is 0 Å². The van der Waals surface area contributed by atoms with Crippen LogP contribution in [-0.4, -0.2) is 65.2 Å². The van der Waals surface area contributed by atoms with Crippen LogP contribution in [0.15, 0.2) is 0 Å². The molecular weight excluding hydrogens is 230 g/mol. The molecule has 0 spiro atoms. The van der Waals surface area contributed by atoms with Gasteiger partial charge in [0.25, 0.3) is 0 Å². The number of rotatable bonds is 4. The van der Waals surface area contributed by atoms with Crippen LogP contribution in [0.25, 0.3) is 0 Å². The summed E-state index contributed by atoms with van der Waals surface area (Å²) >= 11 is 0. The number of piperazine rings is 1. The van der Waals surface area contributed by atoms with Gasteiger partial charge in [-0.3, -0.25) is 14.6 Å². The third kappa shape index (κ3) is 2.15. The zero-order valence-electron chi connectivity index (χ0n) is 10.8. The number of nitrogens with zero attached hydrogens (tertiary/aromatic N) is 2. The van der Waals surface area contributed by atoms with Gasteiger partial charge in [0.05, 0.1) is 0 Å². The fraction of sp³-hybridized carbons (Fsp3) is 0.923. The summed E-state index contributed by atoms with van der Waals surface area (Å²) < 4.78 is 0. The molecule has 2 aliphatic heterocycles. The summed E-state index contributed by atoms with van der Waals surface area (Å²) in [5, 5.41) is 9.40. The van der Waals surface area contributed by atoms with E-state index in [1.165, 1.54) is 19.4 Å². The van der Waals surface area contributed by atoms with Crippen LogP contribution in [0.5, 0.6) is 0 Å². The highest BCUT2D eigenvalue weighted by molar-refractivity contribution is 5.79. The van der Waals surface area contributed by atoms with Gasteiger partial charge in [0.2, 0.25) is 0 Å². The van der Waals surface area contributed by atoms with Crippen LogP contribution in [-0.2, 0) is 4.79 Å². The van der Waals surface area contributed by atoms with Gasteiger partial charge in [-0.2, -0.15) is 0 Å². The monoisotopic (exact) mass is 253 g/mol. The SMILES string of the molecule is NC(CN1CCN2CCCC2C1)(C(=O)O)C1CC1. The highest BCUT2D eigenvalue weighted by Crippen LogP contribution is 2.39. The number of hydrogen-bond donors (Lipinski definition) is 2. The van der Waals surface area contributed by atoms with Gasteiger partial charge in [0.1, 0.15) is 5.54 Å². The first-order valence-electron chi connectivity index (χ1n) is 7.08. The second kappa shape index (κ2) is 4.47. The lowest BCUT2D eigenvalue weighted by molar-refractivity contribution is -0.145. The molecular formula is C13H23N3O2. The van der Waals surface area contributed by atoms with Crippen LogP contribution in [0, 0.1) is 5.92 Å². The van der Waals surface area contributed by atoms with Crippen molar-refractivity contribution in [3.63, 3.8) is 0 Å². The number of hydrogen-bond acceptors (Lipinski definition) is 4. The Hall–Kier alpha value is -0.650. The topological polar surface area (TPSA) is 69.8 Å². The number of fused-ring (bicyclic) bond motifs is 1. The minimum Gasteiger partial charge on any atom is -0.480 e. The Balaban J connectivity index is 1.63. The van der Waals surface area contributed by atoms with Gasteiger partial charge in [0, 0.05) is 32.2 Å². The first-order valence-corrected chi connectivity index (χ1v) is 7.08. The van der Waals surface area contributed by atoms with E-state index < -0.39 is 11.5 Å².